The van der Waals surface area contributed by atoms with Crippen molar-refractivity contribution in [2.75, 3.05) is 12.3 Å². The quantitative estimate of drug-likeness (QED) is 0.279. The first kappa shape index (κ1) is 27.4. The average molecular weight is 503 g/mol. The zero-order valence-corrected chi connectivity index (χ0v) is 22.0. The molecule has 0 amide bonds. The Hall–Kier alpha value is -3.22. The Labute approximate surface area is 218 Å². The van der Waals surface area contributed by atoms with E-state index in [1.54, 1.807) is 36.3 Å². The second-order valence-electron chi connectivity index (χ2n) is 9.11. The summed E-state index contributed by atoms with van der Waals surface area (Å²) < 4.78 is 13.4. The molecule has 0 saturated heterocycles. The van der Waals surface area contributed by atoms with E-state index in [1.807, 2.05) is 5.41 Å². The summed E-state index contributed by atoms with van der Waals surface area (Å²) in [6.07, 6.45) is 7.57. The van der Waals surface area contributed by atoms with Gasteiger partial charge in [0.15, 0.2) is 0 Å². The molecule has 0 bridgehead atoms. The van der Waals surface area contributed by atoms with Crippen LogP contribution in [0.1, 0.15) is 29.5 Å². The Kier molecular flexibility index (Phi) is 9.62. The molecule has 4 nitrogen and oxygen atoms in total. The molecule has 0 spiro atoms. The second-order valence-corrected chi connectivity index (χ2v) is 10.0. The molecule has 0 aromatic heterocycles. The van der Waals surface area contributed by atoms with Crippen molar-refractivity contribution in [1.82, 2.24) is 0 Å². The summed E-state index contributed by atoms with van der Waals surface area (Å²) in [5.74, 6) is 0.430. The van der Waals surface area contributed by atoms with Crippen LogP contribution in [0.4, 0.5) is 10.1 Å². The standard InChI is InChI=1S/C30H35FN4S/c1-21-5-6-24(15-22(21)2)17-30(23(3)20-36-14-13-34-4)18-25(19-33)29(16-26(30)11-12-32)35-28-9-7-27(31)8-10-28/h5-10,13-16,19H,3-4,11-12,17-18,20,32-33H2,1-2H3/b14-13-,25-19?,35-29?. The Morgan fingerprint density at radius 1 is 1.17 bits per heavy atom. The molecule has 2 aromatic rings. The average Bonchev–Trinajstić information content (AvgIpc) is 2.87. The van der Waals surface area contributed by atoms with Crippen molar-refractivity contribution in [3.63, 3.8) is 0 Å². The lowest BCUT2D eigenvalue weighted by atomic mass is 9.62. The lowest BCUT2D eigenvalue weighted by Crippen LogP contribution is -2.36. The molecule has 36 heavy (non-hydrogen) atoms. The summed E-state index contributed by atoms with van der Waals surface area (Å²) in [6, 6.07) is 12.8. The maximum Gasteiger partial charge on any atom is 0.123 e. The van der Waals surface area contributed by atoms with Crippen LogP contribution in [0, 0.1) is 25.1 Å². The minimum atomic E-state index is -0.365. The first-order valence-corrected chi connectivity index (χ1v) is 13.0. The molecule has 1 atom stereocenters. The predicted molar refractivity (Wildman–Crippen MR) is 154 cm³/mol. The fourth-order valence-corrected chi connectivity index (χ4v) is 5.33. The van der Waals surface area contributed by atoms with Gasteiger partial charge in [-0.25, -0.2) is 9.38 Å². The van der Waals surface area contributed by atoms with Crippen molar-refractivity contribution in [3.8, 4) is 0 Å². The fourth-order valence-electron chi connectivity index (χ4n) is 4.58. The highest BCUT2D eigenvalue weighted by Gasteiger charge is 2.41. The lowest BCUT2D eigenvalue weighted by molar-refractivity contribution is 0.410. The molecular weight excluding hydrogens is 467 g/mol. The highest BCUT2D eigenvalue weighted by molar-refractivity contribution is 8.02. The van der Waals surface area contributed by atoms with Crippen molar-refractivity contribution in [2.45, 2.75) is 33.1 Å². The van der Waals surface area contributed by atoms with Crippen LogP contribution in [-0.4, -0.2) is 24.7 Å². The number of thioether (sulfide) groups is 1. The van der Waals surface area contributed by atoms with E-state index in [-0.39, 0.29) is 11.2 Å². The number of hydrogen-bond acceptors (Lipinski definition) is 5. The Balaban J connectivity index is 2.13. The van der Waals surface area contributed by atoms with Gasteiger partial charge in [-0.3, -0.25) is 4.99 Å². The van der Waals surface area contributed by atoms with E-state index >= 15 is 0 Å². The predicted octanol–water partition coefficient (Wildman–Crippen LogP) is 6.73. The van der Waals surface area contributed by atoms with Crippen LogP contribution in [0.25, 0.3) is 0 Å². The number of halogens is 1. The third-order valence-electron chi connectivity index (χ3n) is 6.71. The minimum absolute atomic E-state index is 0.293. The third-order valence-corrected chi connectivity index (χ3v) is 7.54. The van der Waals surface area contributed by atoms with E-state index in [0.717, 1.165) is 29.0 Å². The maximum atomic E-state index is 13.4. The zero-order chi connectivity index (χ0) is 26.1. The van der Waals surface area contributed by atoms with E-state index in [9.17, 15) is 4.39 Å². The van der Waals surface area contributed by atoms with Gasteiger partial charge in [0.1, 0.15) is 5.82 Å². The number of rotatable bonds is 10. The van der Waals surface area contributed by atoms with Gasteiger partial charge < -0.3 is 11.5 Å². The molecule has 3 rings (SSSR count). The van der Waals surface area contributed by atoms with Crippen LogP contribution >= 0.6 is 11.8 Å². The van der Waals surface area contributed by atoms with E-state index in [4.69, 9.17) is 16.5 Å². The number of allylic oxidation sites excluding steroid dienone is 2. The van der Waals surface area contributed by atoms with Gasteiger partial charge in [0, 0.05) is 17.4 Å². The SMILES string of the molecule is C=N/C=C\SCC(=C)C1(Cc2ccc(C)c(C)c2)CC(=CN)C(=Nc2ccc(F)cc2)C=C1CCN. The van der Waals surface area contributed by atoms with Gasteiger partial charge in [0.05, 0.1) is 11.4 Å². The molecule has 188 valence electrons. The first-order chi connectivity index (χ1) is 17.3. The van der Waals surface area contributed by atoms with Crippen LogP contribution < -0.4 is 11.5 Å². The van der Waals surface area contributed by atoms with Gasteiger partial charge in [-0.2, -0.15) is 0 Å². The summed E-state index contributed by atoms with van der Waals surface area (Å²) in [7, 11) is 0. The fraction of sp³-hybridized carbons (Fsp3) is 0.267. The molecule has 4 N–H and O–H groups in total. The van der Waals surface area contributed by atoms with E-state index in [1.165, 1.54) is 34.4 Å². The highest BCUT2D eigenvalue weighted by Crippen LogP contribution is 2.49. The van der Waals surface area contributed by atoms with Gasteiger partial charge in [-0.15, -0.1) is 11.8 Å². The van der Waals surface area contributed by atoms with Crippen molar-refractivity contribution in [1.29, 1.82) is 0 Å². The lowest BCUT2D eigenvalue weighted by Gasteiger charge is -2.42. The zero-order valence-electron chi connectivity index (χ0n) is 21.1. The molecule has 0 saturated carbocycles. The minimum Gasteiger partial charge on any atom is -0.404 e. The molecule has 1 aliphatic carbocycles. The number of benzene rings is 2. The number of nitrogens with zero attached hydrogens (tertiary/aromatic N) is 2. The number of hydrogen-bond donors (Lipinski definition) is 2. The van der Waals surface area contributed by atoms with Crippen molar-refractivity contribution >= 4 is 29.9 Å². The van der Waals surface area contributed by atoms with Crippen molar-refractivity contribution < 1.29 is 4.39 Å². The van der Waals surface area contributed by atoms with Crippen LogP contribution in [0.3, 0.4) is 0 Å². The molecule has 1 unspecified atom stereocenters. The van der Waals surface area contributed by atoms with Crippen LogP contribution in [0.2, 0.25) is 0 Å². The van der Waals surface area contributed by atoms with Crippen LogP contribution in [-0.2, 0) is 6.42 Å². The Morgan fingerprint density at radius 3 is 2.56 bits per heavy atom. The smallest absolute Gasteiger partial charge is 0.123 e. The largest absolute Gasteiger partial charge is 0.404 e. The van der Waals surface area contributed by atoms with Crippen molar-refractivity contribution in [3.05, 3.63) is 112 Å². The number of aliphatic imine (C=N–C) groups is 2. The monoisotopic (exact) mass is 502 g/mol. The van der Waals surface area contributed by atoms with Crippen LogP contribution in [0.15, 0.2) is 99.6 Å². The van der Waals surface area contributed by atoms with Gasteiger partial charge in [-0.1, -0.05) is 35.9 Å². The molecule has 6 heteroatoms. The summed E-state index contributed by atoms with van der Waals surface area (Å²) in [5.41, 5.74) is 20.3. The van der Waals surface area contributed by atoms with Crippen molar-refractivity contribution in [2.24, 2.45) is 26.9 Å². The molecule has 0 aliphatic heterocycles. The first-order valence-electron chi connectivity index (χ1n) is 12.0. The van der Waals surface area contributed by atoms with Gasteiger partial charge in [0.2, 0.25) is 0 Å². The Bertz CT molecular complexity index is 1220. The van der Waals surface area contributed by atoms with Gasteiger partial charge >= 0.3 is 0 Å². The maximum absolute atomic E-state index is 13.4. The highest BCUT2D eigenvalue weighted by atomic mass is 32.2. The summed E-state index contributed by atoms with van der Waals surface area (Å²) in [5, 5.41) is 1.93. The molecule has 0 radical (unpaired) electrons. The number of nitrogens with two attached hydrogens (primary N) is 2. The molecule has 0 heterocycles. The number of aryl methyl sites for hydroxylation is 2. The molecule has 0 fully saturated rings. The summed E-state index contributed by atoms with van der Waals surface area (Å²) in [6.45, 7) is 12.8. The summed E-state index contributed by atoms with van der Waals surface area (Å²) in [4.78, 5) is 8.61. The van der Waals surface area contributed by atoms with Gasteiger partial charge in [0.25, 0.3) is 0 Å². The molecule has 2 aromatic carbocycles. The topological polar surface area (TPSA) is 76.8 Å². The normalized spacial score (nSPS) is 20.2. The Morgan fingerprint density at radius 2 is 1.92 bits per heavy atom. The molecular formula is C30H35FN4S. The second kappa shape index (κ2) is 12.7. The third kappa shape index (κ3) is 6.50. The van der Waals surface area contributed by atoms with Crippen LogP contribution in [0.5, 0.6) is 0 Å². The van der Waals surface area contributed by atoms with E-state index < -0.39 is 0 Å². The van der Waals surface area contributed by atoms with E-state index in [0.29, 0.717) is 25.1 Å². The molecule has 1 aliphatic rings. The summed E-state index contributed by atoms with van der Waals surface area (Å²) >= 11 is 1.64. The van der Waals surface area contributed by atoms with E-state index in [2.05, 4.69) is 56.4 Å². The van der Waals surface area contributed by atoms with Gasteiger partial charge in [-0.05, 0) is 111 Å².